The maximum atomic E-state index is 13.0. The van der Waals surface area contributed by atoms with E-state index >= 15 is 0 Å². The highest BCUT2D eigenvalue weighted by molar-refractivity contribution is 9.10. The van der Waals surface area contributed by atoms with Crippen molar-refractivity contribution in [1.82, 2.24) is 4.90 Å². The van der Waals surface area contributed by atoms with Crippen LogP contribution < -0.4 is 4.90 Å². The van der Waals surface area contributed by atoms with Gasteiger partial charge in [0.15, 0.2) is 0 Å². The van der Waals surface area contributed by atoms with E-state index < -0.39 is 5.60 Å². The summed E-state index contributed by atoms with van der Waals surface area (Å²) in [6.45, 7) is 12.7. The molecule has 0 aliphatic carbocycles. The molecule has 0 N–H and O–H groups in total. The molecule has 6 nitrogen and oxygen atoms in total. The molecule has 3 rings (SSSR count). The Hall–Kier alpha value is -1.76. The van der Waals surface area contributed by atoms with Crippen molar-refractivity contribution < 1.29 is 19.1 Å². The lowest BCUT2D eigenvalue weighted by atomic mass is 9.82. The Morgan fingerprint density at radius 1 is 1.16 bits per heavy atom. The maximum Gasteiger partial charge on any atom is 0.410 e. The minimum atomic E-state index is -0.553. The molecule has 0 spiro atoms. The molecule has 1 aromatic rings. The molecule has 1 saturated heterocycles. The molecule has 1 aromatic carbocycles. The van der Waals surface area contributed by atoms with Crippen LogP contribution in [0.3, 0.4) is 0 Å². The number of hydrogen-bond donors (Lipinski definition) is 0. The molecule has 1 fully saturated rings. The summed E-state index contributed by atoms with van der Waals surface area (Å²) >= 11 is 3.58. The topological polar surface area (TPSA) is 59.1 Å². The largest absolute Gasteiger partial charge is 0.463 e. The van der Waals surface area contributed by atoms with Gasteiger partial charge >= 0.3 is 12.1 Å². The van der Waals surface area contributed by atoms with Crippen molar-refractivity contribution in [1.29, 1.82) is 0 Å². The van der Waals surface area contributed by atoms with Crippen LogP contribution in [-0.4, -0.2) is 48.8 Å². The van der Waals surface area contributed by atoms with Gasteiger partial charge < -0.3 is 19.3 Å². The number of carbonyl (C=O) groups excluding carboxylic acids is 2. The first-order chi connectivity index (χ1) is 14.3. The molecule has 0 bridgehead atoms. The molecule has 2 heterocycles. The van der Waals surface area contributed by atoms with E-state index in [1.54, 1.807) is 0 Å². The summed E-state index contributed by atoms with van der Waals surface area (Å²) in [4.78, 5) is 29.4. The number of esters is 1. The highest BCUT2D eigenvalue weighted by atomic mass is 79.9. The Morgan fingerprint density at radius 3 is 2.45 bits per heavy atom. The van der Waals surface area contributed by atoms with E-state index in [-0.39, 0.29) is 35.5 Å². The fourth-order valence-electron chi connectivity index (χ4n) is 4.59. The quantitative estimate of drug-likeness (QED) is 0.515. The van der Waals surface area contributed by atoms with E-state index in [0.29, 0.717) is 19.6 Å². The third-order valence-corrected chi connectivity index (χ3v) is 6.34. The van der Waals surface area contributed by atoms with Crippen molar-refractivity contribution in [2.75, 3.05) is 25.1 Å². The van der Waals surface area contributed by atoms with Crippen LogP contribution in [0, 0.1) is 11.3 Å². The molecular weight excluding hydrogens is 460 g/mol. The summed E-state index contributed by atoms with van der Waals surface area (Å²) < 4.78 is 12.4. The lowest BCUT2D eigenvalue weighted by molar-refractivity contribution is -0.146. The number of nitrogens with zero attached hydrogens (tertiary/aromatic N) is 2. The number of hydrogen-bond acceptors (Lipinski definition) is 5. The standard InChI is InChI=1S/C24H35BrN2O4/c1-23(2,3)13-20(28)30-14-19-16-10-11-27(22(29)31-24(4,5)6)21(16)17-12-15(25)8-9-18(17)26(19)7/h8-9,12,16,19,21H,10-11,13-14H2,1-7H3/t16-,19+,21-/m0/s1. The van der Waals surface area contributed by atoms with E-state index in [1.807, 2.05) is 59.6 Å². The van der Waals surface area contributed by atoms with Gasteiger partial charge in [-0.1, -0.05) is 36.7 Å². The molecule has 2 aliphatic heterocycles. The zero-order valence-electron chi connectivity index (χ0n) is 19.7. The predicted molar refractivity (Wildman–Crippen MR) is 125 cm³/mol. The first-order valence-corrected chi connectivity index (χ1v) is 11.7. The number of fused-ring (bicyclic) bond motifs is 3. The van der Waals surface area contributed by atoms with Crippen molar-refractivity contribution in [2.45, 2.75) is 72.1 Å². The second-order valence-corrected chi connectivity index (χ2v) is 11.8. The van der Waals surface area contributed by atoms with Gasteiger partial charge in [0.1, 0.15) is 12.2 Å². The first-order valence-electron chi connectivity index (χ1n) is 10.9. The predicted octanol–water partition coefficient (Wildman–Crippen LogP) is 5.55. The van der Waals surface area contributed by atoms with E-state index in [0.717, 1.165) is 22.1 Å². The first kappa shape index (κ1) is 23.9. The summed E-state index contributed by atoms with van der Waals surface area (Å²) in [7, 11) is 2.04. The molecule has 0 radical (unpaired) electrons. The van der Waals surface area contributed by atoms with Gasteiger partial charge in [0.2, 0.25) is 0 Å². The number of benzene rings is 1. The third kappa shape index (κ3) is 5.54. The fourth-order valence-corrected chi connectivity index (χ4v) is 4.97. The molecule has 0 aromatic heterocycles. The van der Waals surface area contributed by atoms with Gasteiger partial charge in [0, 0.05) is 29.7 Å². The van der Waals surface area contributed by atoms with Crippen LogP contribution in [0.2, 0.25) is 0 Å². The minimum Gasteiger partial charge on any atom is -0.463 e. The van der Waals surface area contributed by atoms with Crippen LogP contribution in [0.4, 0.5) is 10.5 Å². The second kappa shape index (κ2) is 8.64. The number of halogens is 1. The molecule has 172 valence electrons. The highest BCUT2D eigenvalue weighted by Gasteiger charge is 2.49. The zero-order chi connectivity index (χ0) is 23.1. The lowest BCUT2D eigenvalue weighted by Crippen LogP contribution is -2.49. The molecule has 31 heavy (non-hydrogen) atoms. The number of amides is 1. The van der Waals surface area contributed by atoms with E-state index in [1.165, 1.54) is 0 Å². The van der Waals surface area contributed by atoms with Crippen LogP contribution in [0.1, 0.15) is 66.0 Å². The molecular formula is C24H35BrN2O4. The maximum absolute atomic E-state index is 13.0. The fraction of sp³-hybridized carbons (Fsp3) is 0.667. The van der Waals surface area contributed by atoms with Gasteiger partial charge in [0.05, 0.1) is 18.5 Å². The summed E-state index contributed by atoms with van der Waals surface area (Å²) in [5.74, 6) is -0.0252. The van der Waals surface area contributed by atoms with Crippen LogP contribution in [-0.2, 0) is 14.3 Å². The van der Waals surface area contributed by atoms with E-state index in [9.17, 15) is 9.59 Å². The van der Waals surface area contributed by atoms with Crippen molar-refractivity contribution in [3.8, 4) is 0 Å². The molecule has 3 atom stereocenters. The van der Waals surface area contributed by atoms with Crippen molar-refractivity contribution in [2.24, 2.45) is 11.3 Å². The number of carbonyl (C=O) groups is 2. The van der Waals surface area contributed by atoms with Gasteiger partial charge in [-0.2, -0.15) is 0 Å². The van der Waals surface area contributed by atoms with Crippen molar-refractivity contribution in [3.63, 3.8) is 0 Å². The average Bonchev–Trinajstić information content (AvgIpc) is 3.03. The summed E-state index contributed by atoms with van der Waals surface area (Å²) in [6, 6.07) is 6.05. The molecule has 0 saturated carbocycles. The SMILES string of the molecule is CN1c2ccc(Br)cc2[C@@H]2[C@@H](CCN2C(=O)OC(C)(C)C)[C@H]1COC(=O)CC(C)(C)C. The van der Waals surface area contributed by atoms with Crippen LogP contribution in [0.15, 0.2) is 22.7 Å². The Balaban J connectivity index is 1.88. The molecule has 0 unspecified atom stereocenters. The monoisotopic (exact) mass is 494 g/mol. The lowest BCUT2D eigenvalue weighted by Gasteiger charge is -2.44. The van der Waals surface area contributed by atoms with Gasteiger partial charge in [-0.15, -0.1) is 0 Å². The van der Waals surface area contributed by atoms with Gasteiger partial charge in [-0.25, -0.2) is 4.79 Å². The molecule has 1 amide bonds. The Kier molecular flexibility index (Phi) is 6.66. The van der Waals surface area contributed by atoms with Gasteiger partial charge in [0.25, 0.3) is 0 Å². The Labute approximate surface area is 194 Å². The van der Waals surface area contributed by atoms with Crippen molar-refractivity contribution >= 4 is 33.7 Å². The van der Waals surface area contributed by atoms with Crippen molar-refractivity contribution in [3.05, 3.63) is 28.2 Å². The number of rotatable bonds is 3. The van der Waals surface area contributed by atoms with Gasteiger partial charge in [-0.3, -0.25) is 4.79 Å². The summed E-state index contributed by atoms with van der Waals surface area (Å²) in [5.41, 5.74) is 1.49. The zero-order valence-corrected chi connectivity index (χ0v) is 21.3. The highest BCUT2D eigenvalue weighted by Crippen LogP contribution is 2.49. The molecule has 2 aliphatic rings. The number of likely N-dealkylation sites (N-methyl/N-ethyl adjacent to an activating group) is 1. The average molecular weight is 495 g/mol. The Bertz CT molecular complexity index is 843. The third-order valence-electron chi connectivity index (χ3n) is 5.84. The van der Waals surface area contributed by atoms with Gasteiger partial charge in [-0.05, 0) is 56.4 Å². The number of anilines is 1. The van der Waals surface area contributed by atoms with E-state index in [2.05, 4.69) is 33.0 Å². The van der Waals surface area contributed by atoms with Crippen LogP contribution >= 0.6 is 15.9 Å². The van der Waals surface area contributed by atoms with E-state index in [4.69, 9.17) is 9.47 Å². The number of likely N-dealkylation sites (tertiary alicyclic amines) is 1. The Morgan fingerprint density at radius 2 is 1.84 bits per heavy atom. The molecule has 7 heteroatoms. The minimum absolute atomic E-state index is 0.00460. The number of ether oxygens (including phenoxy) is 2. The normalized spacial score (nSPS) is 23.3. The van der Waals surface area contributed by atoms with Crippen LogP contribution in [0.5, 0.6) is 0 Å². The smallest absolute Gasteiger partial charge is 0.410 e. The second-order valence-electron chi connectivity index (χ2n) is 10.9. The summed E-state index contributed by atoms with van der Waals surface area (Å²) in [5, 5.41) is 0. The summed E-state index contributed by atoms with van der Waals surface area (Å²) in [6.07, 6.45) is 0.922. The van der Waals surface area contributed by atoms with Crippen LogP contribution in [0.25, 0.3) is 0 Å².